The average Bonchev–Trinajstić information content (AvgIpc) is 2.28. The maximum Gasteiger partial charge on any atom is 0.321 e. The summed E-state index contributed by atoms with van der Waals surface area (Å²) >= 11 is 0. The molecule has 1 unspecified atom stereocenters. The third-order valence-corrected chi connectivity index (χ3v) is 2.75. The molecule has 0 aliphatic heterocycles. The van der Waals surface area contributed by atoms with Gasteiger partial charge in [0.15, 0.2) is 0 Å². The van der Waals surface area contributed by atoms with Gasteiger partial charge in [-0.05, 0) is 30.0 Å². The summed E-state index contributed by atoms with van der Waals surface area (Å²) < 4.78 is 0. The Hall–Kier alpha value is -1.51. The predicted octanol–water partition coefficient (Wildman–Crippen LogP) is 3.29. The first-order chi connectivity index (χ1) is 7.54. The molecular formula is C13H20N2O. The lowest BCUT2D eigenvalue weighted by Gasteiger charge is -2.13. The van der Waals surface area contributed by atoms with E-state index in [2.05, 4.69) is 31.3 Å². The van der Waals surface area contributed by atoms with Gasteiger partial charge in [0.2, 0.25) is 0 Å². The molecule has 0 aliphatic carbocycles. The average molecular weight is 220 g/mol. The van der Waals surface area contributed by atoms with Crippen LogP contribution in [0, 0.1) is 0 Å². The second-order valence-electron chi connectivity index (χ2n) is 4.26. The molecule has 0 saturated heterocycles. The van der Waals surface area contributed by atoms with Crippen molar-refractivity contribution in [3.8, 4) is 0 Å². The van der Waals surface area contributed by atoms with Crippen molar-refractivity contribution in [2.45, 2.75) is 26.2 Å². The van der Waals surface area contributed by atoms with Crippen molar-refractivity contribution in [1.29, 1.82) is 0 Å². The largest absolute Gasteiger partial charge is 0.331 e. The summed E-state index contributed by atoms with van der Waals surface area (Å²) in [6.45, 7) is 4.37. The van der Waals surface area contributed by atoms with Crippen LogP contribution < -0.4 is 5.32 Å². The van der Waals surface area contributed by atoms with Crippen LogP contribution in [0.15, 0.2) is 24.3 Å². The molecule has 0 saturated carbocycles. The predicted molar refractivity (Wildman–Crippen MR) is 67.9 cm³/mol. The fourth-order valence-corrected chi connectivity index (χ4v) is 1.37. The molecule has 1 atom stereocenters. The van der Waals surface area contributed by atoms with Crippen molar-refractivity contribution in [2.75, 3.05) is 19.4 Å². The summed E-state index contributed by atoms with van der Waals surface area (Å²) in [5.41, 5.74) is 2.15. The summed E-state index contributed by atoms with van der Waals surface area (Å²) in [5.74, 6) is 0.568. The van der Waals surface area contributed by atoms with Crippen LogP contribution in [0.3, 0.4) is 0 Å². The summed E-state index contributed by atoms with van der Waals surface area (Å²) in [4.78, 5) is 12.9. The Morgan fingerprint density at radius 2 is 1.88 bits per heavy atom. The fraction of sp³-hybridized carbons (Fsp3) is 0.462. The summed E-state index contributed by atoms with van der Waals surface area (Å²) in [7, 11) is 3.45. The number of nitrogens with zero attached hydrogens (tertiary/aromatic N) is 1. The van der Waals surface area contributed by atoms with Crippen LogP contribution >= 0.6 is 0 Å². The minimum Gasteiger partial charge on any atom is -0.331 e. The number of carbonyl (C=O) groups excluding carboxylic acids is 1. The van der Waals surface area contributed by atoms with Crippen molar-refractivity contribution >= 4 is 11.7 Å². The highest BCUT2D eigenvalue weighted by Gasteiger charge is 2.05. The Bertz CT molecular complexity index is 343. The molecule has 2 amide bonds. The Morgan fingerprint density at radius 1 is 1.31 bits per heavy atom. The molecule has 1 aromatic rings. The molecule has 0 bridgehead atoms. The van der Waals surface area contributed by atoms with Gasteiger partial charge in [-0.2, -0.15) is 0 Å². The Balaban J connectivity index is 2.68. The Morgan fingerprint density at radius 3 is 2.31 bits per heavy atom. The van der Waals surface area contributed by atoms with Gasteiger partial charge in [0.25, 0.3) is 0 Å². The first-order valence-electron chi connectivity index (χ1n) is 5.62. The summed E-state index contributed by atoms with van der Waals surface area (Å²) in [5, 5.41) is 2.81. The van der Waals surface area contributed by atoms with Gasteiger partial charge >= 0.3 is 6.03 Å². The van der Waals surface area contributed by atoms with E-state index in [0.29, 0.717) is 5.92 Å². The van der Waals surface area contributed by atoms with Gasteiger partial charge in [-0.15, -0.1) is 0 Å². The van der Waals surface area contributed by atoms with E-state index in [1.165, 1.54) is 10.5 Å². The number of anilines is 1. The number of benzene rings is 1. The first-order valence-corrected chi connectivity index (χ1v) is 5.62. The molecule has 0 aliphatic rings. The molecule has 0 heterocycles. The number of hydrogen-bond acceptors (Lipinski definition) is 1. The van der Waals surface area contributed by atoms with Crippen molar-refractivity contribution in [2.24, 2.45) is 0 Å². The monoisotopic (exact) mass is 220 g/mol. The smallest absolute Gasteiger partial charge is 0.321 e. The maximum atomic E-state index is 11.4. The number of urea groups is 1. The molecule has 16 heavy (non-hydrogen) atoms. The molecule has 1 aromatic carbocycles. The zero-order valence-corrected chi connectivity index (χ0v) is 10.4. The van der Waals surface area contributed by atoms with Crippen LogP contribution in [0.5, 0.6) is 0 Å². The fourth-order valence-electron chi connectivity index (χ4n) is 1.37. The highest BCUT2D eigenvalue weighted by atomic mass is 16.2. The van der Waals surface area contributed by atoms with Crippen molar-refractivity contribution in [3.05, 3.63) is 29.8 Å². The van der Waals surface area contributed by atoms with Crippen LogP contribution in [0.1, 0.15) is 31.7 Å². The molecule has 1 rings (SSSR count). The number of carbonyl (C=O) groups is 1. The molecular weight excluding hydrogens is 200 g/mol. The Labute approximate surface area is 97.5 Å². The lowest BCUT2D eigenvalue weighted by atomic mass is 9.99. The van der Waals surface area contributed by atoms with Crippen LogP contribution in [0.4, 0.5) is 10.5 Å². The minimum absolute atomic E-state index is 0.101. The quantitative estimate of drug-likeness (QED) is 0.833. The van der Waals surface area contributed by atoms with Crippen molar-refractivity contribution in [1.82, 2.24) is 4.90 Å². The van der Waals surface area contributed by atoms with E-state index in [1.54, 1.807) is 14.1 Å². The molecule has 1 N–H and O–H groups in total. The van der Waals surface area contributed by atoms with Crippen LogP contribution in [-0.2, 0) is 0 Å². The van der Waals surface area contributed by atoms with E-state index in [4.69, 9.17) is 0 Å². The summed E-state index contributed by atoms with van der Waals surface area (Å²) in [6.07, 6.45) is 1.13. The van der Waals surface area contributed by atoms with Crippen LogP contribution in [0.25, 0.3) is 0 Å². The molecule has 0 aromatic heterocycles. The van der Waals surface area contributed by atoms with E-state index in [0.717, 1.165) is 12.1 Å². The molecule has 3 nitrogen and oxygen atoms in total. The highest BCUT2D eigenvalue weighted by Crippen LogP contribution is 2.20. The number of nitrogens with one attached hydrogen (secondary N) is 1. The van der Waals surface area contributed by atoms with E-state index in [1.807, 2.05) is 12.1 Å². The minimum atomic E-state index is -0.101. The van der Waals surface area contributed by atoms with E-state index in [-0.39, 0.29) is 6.03 Å². The van der Waals surface area contributed by atoms with Crippen molar-refractivity contribution < 1.29 is 4.79 Å². The first kappa shape index (κ1) is 12.6. The standard InChI is InChI=1S/C13H20N2O/c1-5-10(2)11-6-8-12(9-7-11)14-13(16)15(3)4/h6-10H,5H2,1-4H3,(H,14,16). The second-order valence-corrected chi connectivity index (χ2v) is 4.26. The lowest BCUT2D eigenvalue weighted by Crippen LogP contribution is -2.27. The summed E-state index contributed by atoms with van der Waals surface area (Å²) in [6, 6.07) is 7.93. The Kier molecular flexibility index (Phi) is 4.35. The zero-order chi connectivity index (χ0) is 12.1. The normalized spacial score (nSPS) is 12.0. The van der Waals surface area contributed by atoms with Gasteiger partial charge in [0, 0.05) is 19.8 Å². The SMILES string of the molecule is CCC(C)c1ccc(NC(=O)N(C)C)cc1. The third-order valence-electron chi connectivity index (χ3n) is 2.75. The van der Waals surface area contributed by atoms with E-state index in [9.17, 15) is 4.79 Å². The molecule has 0 spiro atoms. The van der Waals surface area contributed by atoms with Gasteiger partial charge in [0.1, 0.15) is 0 Å². The van der Waals surface area contributed by atoms with Gasteiger partial charge in [-0.3, -0.25) is 0 Å². The lowest BCUT2D eigenvalue weighted by molar-refractivity contribution is 0.230. The number of rotatable bonds is 3. The number of amides is 2. The van der Waals surface area contributed by atoms with Gasteiger partial charge in [-0.1, -0.05) is 26.0 Å². The number of hydrogen-bond donors (Lipinski definition) is 1. The van der Waals surface area contributed by atoms with Crippen molar-refractivity contribution in [3.63, 3.8) is 0 Å². The molecule has 3 heteroatoms. The van der Waals surface area contributed by atoms with E-state index < -0.39 is 0 Å². The van der Waals surface area contributed by atoms with Gasteiger partial charge < -0.3 is 10.2 Å². The van der Waals surface area contributed by atoms with Crippen LogP contribution in [-0.4, -0.2) is 25.0 Å². The zero-order valence-electron chi connectivity index (χ0n) is 10.4. The van der Waals surface area contributed by atoms with Gasteiger partial charge in [0.05, 0.1) is 0 Å². The second kappa shape index (κ2) is 5.54. The van der Waals surface area contributed by atoms with Crippen LogP contribution in [0.2, 0.25) is 0 Å². The topological polar surface area (TPSA) is 32.3 Å². The van der Waals surface area contributed by atoms with Gasteiger partial charge in [-0.25, -0.2) is 4.79 Å². The third kappa shape index (κ3) is 3.26. The molecule has 0 fully saturated rings. The molecule has 0 radical (unpaired) electrons. The van der Waals surface area contributed by atoms with E-state index >= 15 is 0 Å². The maximum absolute atomic E-state index is 11.4. The highest BCUT2D eigenvalue weighted by molar-refractivity contribution is 5.88. The molecule has 88 valence electrons.